The van der Waals surface area contributed by atoms with E-state index in [1.54, 1.807) is 0 Å². The minimum Gasteiger partial charge on any atom is -0.491 e. The Bertz CT molecular complexity index is 774. The molecule has 0 aliphatic carbocycles. The number of rotatable bonds is 42. The summed E-state index contributed by atoms with van der Waals surface area (Å²) in [5, 5.41) is 8.59. The summed E-state index contributed by atoms with van der Waals surface area (Å²) in [6.07, 6.45) is 3.53. The smallest absolute Gasteiger partial charge is 0.119 e. The van der Waals surface area contributed by atoms with Crippen molar-refractivity contribution in [3.05, 3.63) is 29.8 Å². The van der Waals surface area contributed by atoms with Gasteiger partial charge in [-0.1, -0.05) is 25.5 Å². The molecule has 0 unspecified atom stereocenters. The molecule has 1 aromatic carbocycles. The van der Waals surface area contributed by atoms with Crippen molar-refractivity contribution in [1.82, 2.24) is 0 Å². The molecule has 1 rings (SSSR count). The van der Waals surface area contributed by atoms with Gasteiger partial charge in [0.1, 0.15) is 12.4 Å². The molecule has 14 heteroatoms. The molecule has 0 amide bonds. The molecule has 0 saturated carbocycles. The summed E-state index contributed by atoms with van der Waals surface area (Å²) >= 11 is 0. The third-order valence-corrected chi connectivity index (χ3v) is 6.57. The van der Waals surface area contributed by atoms with E-state index >= 15 is 0 Å². The third kappa shape index (κ3) is 34.9. The highest BCUT2D eigenvalue weighted by Crippen LogP contribution is 2.13. The van der Waals surface area contributed by atoms with Crippen LogP contribution in [0.5, 0.6) is 5.75 Å². The zero-order chi connectivity index (χ0) is 35.7. The number of aryl methyl sites for hydroxylation is 1. The van der Waals surface area contributed by atoms with Crippen LogP contribution in [-0.2, 0) is 63.3 Å². The number of ether oxygens (including phenoxy) is 13. The van der Waals surface area contributed by atoms with Crippen LogP contribution in [0.1, 0.15) is 25.3 Å². The van der Waals surface area contributed by atoms with Crippen LogP contribution in [0, 0.1) is 0 Å². The van der Waals surface area contributed by atoms with E-state index in [9.17, 15) is 0 Å². The molecule has 0 fully saturated rings. The first-order chi connectivity index (χ1) is 24.9. The Hall–Kier alpha value is -1.50. The summed E-state index contributed by atoms with van der Waals surface area (Å²) in [6, 6.07) is 8.29. The average Bonchev–Trinajstić information content (AvgIpc) is 3.14. The van der Waals surface area contributed by atoms with Crippen molar-refractivity contribution in [2.24, 2.45) is 0 Å². The Labute approximate surface area is 300 Å². The van der Waals surface area contributed by atoms with E-state index < -0.39 is 0 Å². The van der Waals surface area contributed by atoms with Crippen LogP contribution in [0.2, 0.25) is 0 Å². The van der Waals surface area contributed by atoms with Crippen molar-refractivity contribution in [3.63, 3.8) is 0 Å². The van der Waals surface area contributed by atoms with E-state index in [0.717, 1.165) is 12.2 Å². The second-order valence-corrected chi connectivity index (χ2v) is 10.7. The van der Waals surface area contributed by atoms with Gasteiger partial charge in [-0.3, -0.25) is 0 Å². The van der Waals surface area contributed by atoms with Gasteiger partial charge >= 0.3 is 0 Å². The highest BCUT2D eigenvalue weighted by atomic mass is 16.6. The Morgan fingerprint density at radius 2 is 0.620 bits per heavy atom. The second kappa shape index (κ2) is 40.3. The molecule has 50 heavy (non-hydrogen) atoms. The van der Waals surface area contributed by atoms with Gasteiger partial charge in [-0.25, -0.2) is 0 Å². The Balaban J connectivity index is 1.64. The van der Waals surface area contributed by atoms with E-state index in [4.69, 9.17) is 66.7 Å². The fourth-order valence-corrected chi connectivity index (χ4v) is 3.94. The van der Waals surface area contributed by atoms with Gasteiger partial charge in [0.05, 0.1) is 165 Å². The fourth-order valence-electron chi connectivity index (χ4n) is 3.94. The highest BCUT2D eigenvalue weighted by Gasteiger charge is 1.99. The van der Waals surface area contributed by atoms with Gasteiger partial charge in [0.2, 0.25) is 0 Å². The fraction of sp³-hybridized carbons (Fsp3) is 0.833. The maximum atomic E-state index is 8.59. The van der Waals surface area contributed by atoms with E-state index in [-0.39, 0.29) is 6.61 Å². The van der Waals surface area contributed by atoms with Crippen LogP contribution in [-0.4, -0.2) is 177 Å². The summed E-state index contributed by atoms with van der Waals surface area (Å²) in [6.45, 7) is 14.7. The summed E-state index contributed by atoms with van der Waals surface area (Å²) < 4.78 is 71.0. The summed E-state index contributed by atoms with van der Waals surface area (Å²) in [7, 11) is 0. The summed E-state index contributed by atoms with van der Waals surface area (Å²) in [5.74, 6) is 0.872. The lowest BCUT2D eigenvalue weighted by atomic mass is 10.1. The maximum Gasteiger partial charge on any atom is 0.119 e. The zero-order valence-electron chi connectivity index (χ0n) is 30.6. The molecular weight excluding hydrogens is 656 g/mol. The number of hydrogen-bond donors (Lipinski definition) is 1. The highest BCUT2D eigenvalue weighted by molar-refractivity contribution is 5.27. The largest absolute Gasteiger partial charge is 0.491 e. The molecule has 0 aliphatic rings. The molecule has 0 saturated heterocycles. The van der Waals surface area contributed by atoms with Crippen LogP contribution >= 0.6 is 0 Å². The Kier molecular flexibility index (Phi) is 37.5. The molecule has 14 nitrogen and oxygen atoms in total. The molecule has 1 aromatic rings. The first-order valence-corrected chi connectivity index (χ1v) is 18.1. The van der Waals surface area contributed by atoms with Crippen molar-refractivity contribution in [2.45, 2.75) is 26.2 Å². The lowest BCUT2D eigenvalue weighted by Gasteiger charge is -2.09. The van der Waals surface area contributed by atoms with Gasteiger partial charge in [-0.05, 0) is 30.5 Å². The second-order valence-electron chi connectivity index (χ2n) is 10.7. The quantitative estimate of drug-likeness (QED) is 0.0989. The first kappa shape index (κ1) is 46.5. The molecular formula is C36H66O14. The average molecular weight is 723 g/mol. The van der Waals surface area contributed by atoms with Crippen LogP contribution in [0.3, 0.4) is 0 Å². The molecule has 0 bridgehead atoms. The number of aliphatic hydroxyl groups is 1. The normalized spacial score (nSPS) is 11.5. The van der Waals surface area contributed by atoms with Crippen molar-refractivity contribution >= 4 is 0 Å². The van der Waals surface area contributed by atoms with Crippen LogP contribution in [0.25, 0.3) is 0 Å². The maximum absolute atomic E-state index is 8.59. The SMILES string of the molecule is CCCCc1ccc(OCCOCCOCCOCCOCCOCCOCCOCCOCCOCCOCCOCCOCCO)cc1. The van der Waals surface area contributed by atoms with Crippen LogP contribution in [0.4, 0.5) is 0 Å². The Morgan fingerprint density at radius 1 is 0.360 bits per heavy atom. The van der Waals surface area contributed by atoms with Gasteiger partial charge in [0, 0.05) is 0 Å². The van der Waals surface area contributed by atoms with Crippen LogP contribution < -0.4 is 4.74 Å². The van der Waals surface area contributed by atoms with Gasteiger partial charge in [0.15, 0.2) is 0 Å². The van der Waals surface area contributed by atoms with Crippen molar-refractivity contribution in [3.8, 4) is 5.75 Å². The van der Waals surface area contributed by atoms with Crippen LogP contribution in [0.15, 0.2) is 24.3 Å². The predicted molar refractivity (Wildman–Crippen MR) is 187 cm³/mol. The number of aliphatic hydroxyl groups excluding tert-OH is 1. The van der Waals surface area contributed by atoms with Gasteiger partial charge in [-0.15, -0.1) is 0 Å². The lowest BCUT2D eigenvalue weighted by Crippen LogP contribution is -2.15. The minimum absolute atomic E-state index is 0.0243. The van der Waals surface area contributed by atoms with Crippen molar-refractivity contribution in [2.75, 3.05) is 172 Å². The van der Waals surface area contributed by atoms with Gasteiger partial charge in [0.25, 0.3) is 0 Å². The molecule has 0 radical (unpaired) electrons. The molecule has 0 spiro atoms. The Morgan fingerprint density at radius 3 is 0.880 bits per heavy atom. The third-order valence-electron chi connectivity index (χ3n) is 6.57. The van der Waals surface area contributed by atoms with E-state index in [1.807, 2.05) is 12.1 Å². The molecule has 0 aliphatic heterocycles. The topological polar surface area (TPSA) is 140 Å². The first-order valence-electron chi connectivity index (χ1n) is 18.1. The zero-order valence-corrected chi connectivity index (χ0v) is 30.6. The predicted octanol–water partition coefficient (Wildman–Crippen LogP) is 2.60. The standard InChI is InChI=1S/C36H66O14/c1-2-3-4-35-5-7-36(8-6-35)50-34-33-49-32-31-48-30-29-47-28-27-46-26-25-45-24-23-44-22-21-43-20-19-42-18-17-41-16-15-40-14-13-39-12-11-38-10-9-37/h5-8,37H,2-4,9-34H2,1H3. The van der Waals surface area contributed by atoms with E-state index in [2.05, 4.69) is 19.1 Å². The number of unbranched alkanes of at least 4 members (excludes halogenated alkanes) is 1. The molecule has 0 heterocycles. The van der Waals surface area contributed by atoms with E-state index in [1.165, 1.54) is 18.4 Å². The molecule has 0 atom stereocenters. The number of benzene rings is 1. The van der Waals surface area contributed by atoms with E-state index in [0.29, 0.717) is 165 Å². The van der Waals surface area contributed by atoms with Gasteiger partial charge < -0.3 is 66.7 Å². The molecule has 294 valence electrons. The molecule has 0 aromatic heterocycles. The lowest BCUT2D eigenvalue weighted by molar-refractivity contribution is -0.0287. The number of hydrogen-bond acceptors (Lipinski definition) is 14. The monoisotopic (exact) mass is 722 g/mol. The summed E-state index contributed by atoms with van der Waals surface area (Å²) in [4.78, 5) is 0. The molecule has 1 N–H and O–H groups in total. The summed E-state index contributed by atoms with van der Waals surface area (Å²) in [5.41, 5.74) is 1.35. The van der Waals surface area contributed by atoms with Crippen molar-refractivity contribution in [1.29, 1.82) is 0 Å². The van der Waals surface area contributed by atoms with Gasteiger partial charge in [-0.2, -0.15) is 0 Å². The van der Waals surface area contributed by atoms with Crippen molar-refractivity contribution < 1.29 is 66.7 Å². The minimum atomic E-state index is 0.0243.